The second-order valence-corrected chi connectivity index (χ2v) is 7.01. The van der Waals surface area contributed by atoms with Gasteiger partial charge < -0.3 is 10.5 Å². The molecule has 2 N–H and O–H groups in total. The van der Waals surface area contributed by atoms with Crippen LogP contribution in [0, 0.1) is 23.7 Å². The van der Waals surface area contributed by atoms with Crippen LogP contribution in [0.25, 0.3) is 0 Å². The van der Waals surface area contributed by atoms with Crippen LogP contribution in [0.1, 0.15) is 43.9 Å². The molecule has 0 saturated carbocycles. The number of Topliss-reactive ketones (excluding diaryl/α,β-unsaturated/α-hetero) is 1. The van der Waals surface area contributed by atoms with Gasteiger partial charge in [-0.3, -0.25) is 9.48 Å². The Bertz CT molecular complexity index is 805. The summed E-state index contributed by atoms with van der Waals surface area (Å²) in [7, 11) is 1.83. The molecule has 23 heavy (non-hydrogen) atoms. The molecule has 2 aliphatic rings. The van der Waals surface area contributed by atoms with E-state index < -0.39 is 5.92 Å². The number of rotatable bonds is 1. The van der Waals surface area contributed by atoms with Gasteiger partial charge in [0.05, 0.1) is 12.1 Å². The molecular formula is C17H20N4O2. The lowest BCUT2D eigenvalue weighted by molar-refractivity contribution is -0.119. The highest BCUT2D eigenvalue weighted by atomic mass is 16.5. The Kier molecular flexibility index (Phi) is 3.33. The quantitative estimate of drug-likeness (QED) is 0.857. The summed E-state index contributed by atoms with van der Waals surface area (Å²) < 4.78 is 7.39. The van der Waals surface area contributed by atoms with Gasteiger partial charge >= 0.3 is 0 Å². The van der Waals surface area contributed by atoms with E-state index in [0.29, 0.717) is 24.2 Å². The van der Waals surface area contributed by atoms with Gasteiger partial charge in [-0.25, -0.2) is 0 Å². The Hall–Kier alpha value is -2.55. The number of hydrogen-bond acceptors (Lipinski definition) is 5. The SMILES string of the molecule is Cc1c([C@@H]2C(C#N)=C(N)OC3=C2C(=O)CC(C)(C)C3)cnn1C. The van der Waals surface area contributed by atoms with Crippen LogP contribution in [0.5, 0.6) is 0 Å². The lowest BCUT2D eigenvalue weighted by Gasteiger charge is -2.37. The van der Waals surface area contributed by atoms with Crippen molar-refractivity contribution in [3.63, 3.8) is 0 Å². The summed E-state index contributed by atoms with van der Waals surface area (Å²) >= 11 is 0. The first-order chi connectivity index (χ1) is 10.7. The van der Waals surface area contributed by atoms with Crippen molar-refractivity contribution >= 4 is 5.78 Å². The molecule has 0 saturated heterocycles. The number of nitrogens with zero attached hydrogens (tertiary/aromatic N) is 3. The van der Waals surface area contributed by atoms with Crippen molar-refractivity contribution in [2.24, 2.45) is 18.2 Å². The lowest BCUT2D eigenvalue weighted by Crippen LogP contribution is -2.33. The van der Waals surface area contributed by atoms with Crippen molar-refractivity contribution in [2.75, 3.05) is 0 Å². The second kappa shape index (κ2) is 4.98. The van der Waals surface area contributed by atoms with Gasteiger partial charge in [-0.05, 0) is 12.3 Å². The highest BCUT2D eigenvalue weighted by Gasteiger charge is 2.43. The average Bonchev–Trinajstić information content (AvgIpc) is 2.76. The van der Waals surface area contributed by atoms with Gasteiger partial charge in [-0.15, -0.1) is 0 Å². The third-order valence-corrected chi connectivity index (χ3v) is 4.66. The molecule has 1 aliphatic heterocycles. The van der Waals surface area contributed by atoms with E-state index >= 15 is 0 Å². The predicted octanol–water partition coefficient (Wildman–Crippen LogP) is 2.18. The molecule has 6 nitrogen and oxygen atoms in total. The molecule has 120 valence electrons. The summed E-state index contributed by atoms with van der Waals surface area (Å²) in [6.07, 6.45) is 2.76. The molecule has 1 atom stereocenters. The Morgan fingerprint density at radius 3 is 2.74 bits per heavy atom. The Morgan fingerprint density at radius 1 is 1.48 bits per heavy atom. The summed E-state index contributed by atoms with van der Waals surface area (Å²) in [5, 5.41) is 13.8. The van der Waals surface area contributed by atoms with E-state index in [0.717, 1.165) is 11.3 Å². The number of nitriles is 1. The minimum Gasteiger partial charge on any atom is -0.444 e. The average molecular weight is 312 g/mol. The van der Waals surface area contributed by atoms with Crippen molar-refractivity contribution in [1.29, 1.82) is 5.26 Å². The minimum atomic E-state index is -0.485. The van der Waals surface area contributed by atoms with Gasteiger partial charge in [0.1, 0.15) is 17.4 Å². The van der Waals surface area contributed by atoms with Crippen LogP contribution in [0.15, 0.2) is 29.0 Å². The van der Waals surface area contributed by atoms with Crippen LogP contribution in [0.2, 0.25) is 0 Å². The highest BCUT2D eigenvalue weighted by molar-refractivity contribution is 6.00. The molecule has 0 fully saturated rings. The maximum atomic E-state index is 12.8. The zero-order valence-corrected chi connectivity index (χ0v) is 13.8. The van der Waals surface area contributed by atoms with Crippen LogP contribution in [-0.4, -0.2) is 15.6 Å². The first-order valence-electron chi connectivity index (χ1n) is 7.57. The largest absolute Gasteiger partial charge is 0.444 e. The predicted molar refractivity (Wildman–Crippen MR) is 83.6 cm³/mol. The molecule has 0 unspecified atom stereocenters. The van der Waals surface area contributed by atoms with Crippen molar-refractivity contribution in [2.45, 2.75) is 39.5 Å². The highest BCUT2D eigenvalue weighted by Crippen LogP contribution is 2.48. The fourth-order valence-electron chi connectivity index (χ4n) is 3.39. The van der Waals surface area contributed by atoms with E-state index in [1.54, 1.807) is 10.9 Å². The molecule has 0 radical (unpaired) electrons. The summed E-state index contributed by atoms with van der Waals surface area (Å²) in [4.78, 5) is 12.8. The standard InChI is InChI=1S/C17H20N4O2/c1-9-11(8-20-21(9)4)14-10(7-18)16(19)23-13-6-17(2,3)5-12(22)15(13)14/h8,14H,5-6,19H2,1-4H3/t14-/m0/s1. The third-order valence-electron chi connectivity index (χ3n) is 4.66. The molecular weight excluding hydrogens is 292 g/mol. The van der Waals surface area contributed by atoms with E-state index in [2.05, 4.69) is 11.2 Å². The zero-order valence-electron chi connectivity index (χ0n) is 13.8. The van der Waals surface area contributed by atoms with Gasteiger partial charge in [0.2, 0.25) is 5.88 Å². The van der Waals surface area contributed by atoms with Gasteiger partial charge in [0.25, 0.3) is 0 Å². The van der Waals surface area contributed by atoms with Crippen molar-refractivity contribution < 1.29 is 9.53 Å². The molecule has 0 spiro atoms. The van der Waals surface area contributed by atoms with Crippen LogP contribution >= 0.6 is 0 Å². The molecule has 3 rings (SSSR count). The Balaban J connectivity index is 2.22. The molecule has 0 aromatic carbocycles. The van der Waals surface area contributed by atoms with E-state index in [1.165, 1.54) is 0 Å². The number of allylic oxidation sites excluding steroid dienone is 3. The maximum absolute atomic E-state index is 12.8. The van der Waals surface area contributed by atoms with Crippen LogP contribution in [0.3, 0.4) is 0 Å². The molecule has 0 bridgehead atoms. The van der Waals surface area contributed by atoms with E-state index in [9.17, 15) is 10.1 Å². The number of aromatic nitrogens is 2. The van der Waals surface area contributed by atoms with Gasteiger partial charge in [-0.2, -0.15) is 10.4 Å². The van der Waals surface area contributed by atoms with Crippen molar-refractivity contribution in [3.05, 3.63) is 40.2 Å². The molecule has 1 aliphatic carbocycles. The molecule has 1 aromatic rings. The summed E-state index contributed by atoms with van der Waals surface area (Å²) in [5.41, 5.74) is 8.39. The smallest absolute Gasteiger partial charge is 0.205 e. The maximum Gasteiger partial charge on any atom is 0.205 e. The fraction of sp³-hybridized carbons (Fsp3) is 0.471. The van der Waals surface area contributed by atoms with Gasteiger partial charge in [0, 0.05) is 36.7 Å². The minimum absolute atomic E-state index is 0.0183. The Labute approximate surface area is 135 Å². The number of aryl methyl sites for hydroxylation is 1. The number of hydrogen-bond donors (Lipinski definition) is 1. The lowest BCUT2D eigenvalue weighted by atomic mass is 9.70. The molecule has 2 heterocycles. The molecule has 6 heteroatoms. The monoisotopic (exact) mass is 312 g/mol. The third kappa shape index (κ3) is 2.33. The van der Waals surface area contributed by atoms with Gasteiger partial charge in [-0.1, -0.05) is 13.8 Å². The Morgan fingerprint density at radius 2 is 2.17 bits per heavy atom. The van der Waals surface area contributed by atoms with E-state index in [-0.39, 0.29) is 22.7 Å². The number of carbonyl (C=O) groups is 1. The number of ether oxygens (including phenoxy) is 1. The first-order valence-corrected chi connectivity index (χ1v) is 7.57. The van der Waals surface area contributed by atoms with Crippen molar-refractivity contribution in [1.82, 2.24) is 9.78 Å². The van der Waals surface area contributed by atoms with Crippen LogP contribution in [-0.2, 0) is 16.6 Å². The summed E-state index contributed by atoms with van der Waals surface area (Å²) in [6, 6.07) is 2.12. The van der Waals surface area contributed by atoms with Crippen molar-refractivity contribution in [3.8, 4) is 6.07 Å². The fourth-order valence-corrected chi connectivity index (χ4v) is 3.39. The summed E-state index contributed by atoms with van der Waals surface area (Å²) in [6.45, 7) is 5.98. The number of carbonyl (C=O) groups excluding carboxylic acids is 1. The van der Waals surface area contributed by atoms with Crippen LogP contribution in [0.4, 0.5) is 0 Å². The normalized spacial score (nSPS) is 23.4. The number of ketones is 1. The van der Waals surface area contributed by atoms with Gasteiger partial charge in [0.15, 0.2) is 5.78 Å². The first kappa shape index (κ1) is 15.3. The topological polar surface area (TPSA) is 93.9 Å². The number of nitrogens with two attached hydrogens (primary N) is 1. The van der Waals surface area contributed by atoms with Crippen LogP contribution < -0.4 is 5.73 Å². The molecule has 1 aromatic heterocycles. The second-order valence-electron chi connectivity index (χ2n) is 7.01. The van der Waals surface area contributed by atoms with E-state index in [4.69, 9.17) is 10.5 Å². The molecule has 0 amide bonds. The summed E-state index contributed by atoms with van der Waals surface area (Å²) in [5.74, 6) is 0.215. The van der Waals surface area contributed by atoms with E-state index in [1.807, 2.05) is 27.8 Å². The zero-order chi connectivity index (χ0) is 16.9.